The van der Waals surface area contributed by atoms with Crippen molar-refractivity contribution in [3.05, 3.63) is 42.2 Å². The second-order valence-electron chi connectivity index (χ2n) is 11.3. The summed E-state index contributed by atoms with van der Waals surface area (Å²) in [6, 6.07) is 4.04. The van der Waals surface area contributed by atoms with E-state index in [-0.39, 0.29) is 17.1 Å². The minimum atomic E-state index is 0.0783. The van der Waals surface area contributed by atoms with E-state index in [0.717, 1.165) is 23.8 Å². The molecule has 1 aliphatic heterocycles. The second-order valence-corrected chi connectivity index (χ2v) is 11.3. The molecule has 0 spiro atoms. The number of fused-ring (bicyclic) bond motifs is 5. The Labute approximate surface area is 186 Å². The average molecular weight is 421 g/mol. The maximum absolute atomic E-state index is 12.8. The molecule has 5 rings (SSSR count). The van der Waals surface area contributed by atoms with Gasteiger partial charge in [0.2, 0.25) is 5.91 Å². The molecule has 31 heavy (non-hydrogen) atoms. The van der Waals surface area contributed by atoms with Gasteiger partial charge in [0.1, 0.15) is 0 Å². The van der Waals surface area contributed by atoms with Crippen LogP contribution in [0.4, 0.5) is 0 Å². The average Bonchev–Trinajstić information content (AvgIpc) is 3.12. The molecule has 3 saturated carbocycles. The largest absolute Gasteiger partial charge is 0.349 e. The van der Waals surface area contributed by atoms with Crippen LogP contribution >= 0.6 is 0 Å². The van der Waals surface area contributed by atoms with Gasteiger partial charge in [0.05, 0.1) is 0 Å². The number of carbonyl (C=O) groups is 2. The highest BCUT2D eigenvalue weighted by Gasteiger charge is 2.60. The highest BCUT2D eigenvalue weighted by Crippen LogP contribution is 2.66. The number of aromatic nitrogens is 1. The first-order valence-corrected chi connectivity index (χ1v) is 12.3. The lowest BCUT2D eigenvalue weighted by Crippen LogP contribution is -2.59. The van der Waals surface area contributed by atoms with E-state index in [4.69, 9.17) is 0 Å². The maximum atomic E-state index is 12.8. The Balaban J connectivity index is 1.34. The molecule has 8 atom stereocenters. The van der Waals surface area contributed by atoms with Crippen LogP contribution in [0.15, 0.2) is 36.7 Å². The van der Waals surface area contributed by atoms with Gasteiger partial charge in [-0.2, -0.15) is 0 Å². The van der Waals surface area contributed by atoms with E-state index in [9.17, 15) is 9.59 Å². The van der Waals surface area contributed by atoms with E-state index >= 15 is 0 Å². The molecule has 3 aliphatic carbocycles. The Hall–Kier alpha value is -1.97. The first-order chi connectivity index (χ1) is 14.8. The van der Waals surface area contributed by atoms with Crippen molar-refractivity contribution in [2.75, 3.05) is 0 Å². The smallest absolute Gasteiger partial charge is 0.243 e. The number of pyridine rings is 1. The lowest BCUT2D eigenvalue weighted by atomic mass is 9.47. The van der Waals surface area contributed by atoms with Gasteiger partial charge in [-0.05, 0) is 91.7 Å². The van der Waals surface area contributed by atoms with Gasteiger partial charge in [-0.3, -0.25) is 14.6 Å². The molecular weight excluding hydrogens is 384 g/mol. The summed E-state index contributed by atoms with van der Waals surface area (Å²) in [4.78, 5) is 28.9. The number of nitrogens with zero attached hydrogens (tertiary/aromatic N) is 1. The molecule has 3 fully saturated rings. The Kier molecular flexibility index (Phi) is 5.10. The number of hydrogen-bond acceptors (Lipinski definition) is 3. The molecule has 2 heterocycles. The fraction of sp³-hybridized carbons (Fsp3) is 0.667. The third-order valence-electron chi connectivity index (χ3n) is 9.94. The van der Waals surface area contributed by atoms with E-state index in [2.05, 4.69) is 37.1 Å². The highest BCUT2D eigenvalue weighted by atomic mass is 16.1. The summed E-state index contributed by atoms with van der Waals surface area (Å²) in [5.41, 5.74) is 1.17. The third kappa shape index (κ3) is 3.29. The fourth-order valence-corrected chi connectivity index (χ4v) is 8.39. The number of carbonyl (C=O) groups excluding carboxylic acids is 2. The van der Waals surface area contributed by atoms with Crippen LogP contribution in [-0.4, -0.2) is 22.7 Å². The molecule has 1 aromatic heterocycles. The fourth-order valence-electron chi connectivity index (χ4n) is 8.39. The zero-order valence-electron chi connectivity index (χ0n) is 19.1. The Morgan fingerprint density at radius 3 is 2.81 bits per heavy atom. The normalized spacial score (nSPS) is 42.2. The first-order valence-electron chi connectivity index (χ1n) is 12.3. The van der Waals surface area contributed by atoms with E-state index in [1.807, 2.05) is 12.1 Å². The lowest BCUT2D eigenvalue weighted by molar-refractivity contribution is -0.122. The summed E-state index contributed by atoms with van der Waals surface area (Å²) in [6.45, 7) is 7.22. The summed E-state index contributed by atoms with van der Waals surface area (Å²) in [7, 11) is 0. The zero-order chi connectivity index (χ0) is 21.8. The van der Waals surface area contributed by atoms with Gasteiger partial charge in [-0.15, -0.1) is 0 Å². The van der Waals surface area contributed by atoms with Crippen molar-refractivity contribution in [3.63, 3.8) is 0 Å². The molecule has 4 nitrogen and oxygen atoms in total. The van der Waals surface area contributed by atoms with Gasteiger partial charge in [0, 0.05) is 35.8 Å². The molecule has 4 heteroatoms. The first kappa shape index (κ1) is 20.9. The van der Waals surface area contributed by atoms with Gasteiger partial charge in [0.15, 0.2) is 5.78 Å². The van der Waals surface area contributed by atoms with Crippen LogP contribution in [0, 0.1) is 40.4 Å². The van der Waals surface area contributed by atoms with Crippen molar-refractivity contribution in [2.45, 2.75) is 71.8 Å². The summed E-state index contributed by atoms with van der Waals surface area (Å²) < 4.78 is 0. The van der Waals surface area contributed by atoms with Crippen LogP contribution in [0.5, 0.6) is 0 Å². The monoisotopic (exact) mass is 420 g/mol. The minimum absolute atomic E-state index is 0.0783. The van der Waals surface area contributed by atoms with Crippen molar-refractivity contribution in [2.24, 2.45) is 40.4 Å². The lowest BCUT2D eigenvalue weighted by Gasteiger charge is -2.59. The molecular formula is C27H36N2O2. The van der Waals surface area contributed by atoms with Gasteiger partial charge in [-0.1, -0.05) is 26.8 Å². The van der Waals surface area contributed by atoms with Crippen molar-refractivity contribution >= 4 is 11.7 Å². The quantitative estimate of drug-likeness (QED) is 0.681. The van der Waals surface area contributed by atoms with E-state index in [1.165, 1.54) is 32.1 Å². The molecule has 4 aliphatic rings. The molecule has 1 N–H and O–H groups in total. The SMILES string of the molecule is C[C@H](CC(=O)c1cccnc1)[C@H]1CC[C@H]2[C@@H]3CC[C@H]4NC(=O)C=C[C@]4(C)[C@H]3CC[C@]12C. The van der Waals surface area contributed by atoms with Crippen molar-refractivity contribution in [3.8, 4) is 0 Å². The molecule has 166 valence electrons. The van der Waals surface area contributed by atoms with Crippen LogP contribution in [0.1, 0.15) is 76.1 Å². The molecule has 1 aromatic rings. The van der Waals surface area contributed by atoms with Crippen molar-refractivity contribution < 1.29 is 9.59 Å². The summed E-state index contributed by atoms with van der Waals surface area (Å²) in [6.07, 6.45) is 15.4. The van der Waals surface area contributed by atoms with Gasteiger partial charge in [-0.25, -0.2) is 0 Å². The minimum Gasteiger partial charge on any atom is -0.349 e. The van der Waals surface area contributed by atoms with Crippen LogP contribution in [0.3, 0.4) is 0 Å². The molecule has 1 amide bonds. The number of hydrogen-bond donors (Lipinski definition) is 1. The topological polar surface area (TPSA) is 59.1 Å². The van der Waals surface area contributed by atoms with Gasteiger partial charge in [0.25, 0.3) is 0 Å². The summed E-state index contributed by atoms with van der Waals surface area (Å²) in [5, 5.41) is 3.26. The molecule has 0 aromatic carbocycles. The molecule has 0 saturated heterocycles. The highest BCUT2D eigenvalue weighted by molar-refractivity contribution is 5.95. The zero-order valence-corrected chi connectivity index (χ0v) is 19.1. The number of Topliss-reactive ketones (excluding diaryl/α,β-unsaturated/α-hetero) is 1. The van der Waals surface area contributed by atoms with E-state index in [0.29, 0.717) is 35.6 Å². The third-order valence-corrected chi connectivity index (χ3v) is 9.94. The molecule has 0 radical (unpaired) electrons. The van der Waals surface area contributed by atoms with Crippen molar-refractivity contribution in [1.82, 2.24) is 10.3 Å². The number of ketones is 1. The summed E-state index contributed by atoms with van der Waals surface area (Å²) in [5.74, 6) is 3.48. The second kappa shape index (κ2) is 7.56. The van der Waals surface area contributed by atoms with Crippen molar-refractivity contribution in [1.29, 1.82) is 0 Å². The number of nitrogens with one attached hydrogen (secondary N) is 1. The number of amides is 1. The predicted octanol–water partition coefficient (Wildman–Crippen LogP) is 5.20. The standard InChI is InChI=1S/C27H36N2O2/c1-17(15-23(30)18-5-4-14-28-16-18)20-7-8-21-19-6-9-24-27(3,13-11-25(31)29-24)22(19)10-12-26(20,21)2/h4-5,11,13-14,16-17,19-22,24H,6-10,12,15H2,1-3H3,(H,29,31)/t17-,19+,20-,21+,22+,24-,26-,27-/m1/s1. The number of rotatable bonds is 4. The van der Waals surface area contributed by atoms with Crippen LogP contribution in [0.2, 0.25) is 0 Å². The Morgan fingerprint density at radius 1 is 1.19 bits per heavy atom. The Morgan fingerprint density at radius 2 is 2.03 bits per heavy atom. The van der Waals surface area contributed by atoms with Gasteiger partial charge < -0.3 is 5.32 Å². The maximum Gasteiger partial charge on any atom is 0.243 e. The van der Waals surface area contributed by atoms with Crippen LogP contribution in [0.25, 0.3) is 0 Å². The molecule has 0 unspecified atom stereocenters. The summed E-state index contributed by atoms with van der Waals surface area (Å²) >= 11 is 0. The van der Waals surface area contributed by atoms with E-state index in [1.54, 1.807) is 18.5 Å². The van der Waals surface area contributed by atoms with Crippen LogP contribution < -0.4 is 5.32 Å². The van der Waals surface area contributed by atoms with E-state index < -0.39 is 0 Å². The Bertz CT molecular complexity index is 896. The van der Waals surface area contributed by atoms with Gasteiger partial charge >= 0.3 is 0 Å². The van der Waals surface area contributed by atoms with Crippen LogP contribution in [-0.2, 0) is 4.79 Å². The predicted molar refractivity (Wildman–Crippen MR) is 121 cm³/mol. The molecule has 0 bridgehead atoms.